The fourth-order valence-electron chi connectivity index (χ4n) is 12.1. The van der Waals surface area contributed by atoms with Crippen LogP contribution in [0.3, 0.4) is 0 Å². The fourth-order valence-corrected chi connectivity index (χ4v) is 13.0. The molecule has 3 saturated heterocycles. The van der Waals surface area contributed by atoms with Gasteiger partial charge in [0.1, 0.15) is 28.8 Å². The number of aromatic nitrogens is 2. The Balaban J connectivity index is 0.863. The number of hydrogen-bond donors (Lipinski definition) is 4. The standard InChI is InChI=1S/C51H59FN8O8S/c1-32-6-3-4-7-37(32)40-8-5-21-58(40)35-27-50(28-35)18-22-57(23-19-50)34-9-11-38(41(25-34)59-43-24-33-13-20-53-46(33)55-48(43)68-45-30-67-29-44(45)59)47(61)56-69(65,66)36-10-12-39(42(26-36)60(63)64)54-31-51(52)16-14-49(2,62)15-17-51/h3-4,6-7,9-13,20,24-26,35,40,44-45,54,62H,5,8,14-19,21-23,27-31H2,1-2H3,(H,53,55)(H,56,61)/t40-,44+,45+,49?,51?/m0/s1. The molecule has 6 aliphatic rings. The molecule has 3 atom stereocenters. The van der Waals surface area contributed by atoms with Gasteiger partial charge in [-0.3, -0.25) is 19.8 Å². The number of pyridine rings is 1. The van der Waals surface area contributed by atoms with Crippen LogP contribution in [0.25, 0.3) is 11.0 Å². The van der Waals surface area contributed by atoms with Gasteiger partial charge in [-0.2, -0.15) is 4.98 Å². The van der Waals surface area contributed by atoms with Crippen molar-refractivity contribution in [3.8, 4) is 5.88 Å². The summed E-state index contributed by atoms with van der Waals surface area (Å²) in [5, 5.41) is 26.2. The summed E-state index contributed by atoms with van der Waals surface area (Å²) in [6.07, 6.45) is 8.81. The average Bonchev–Trinajstić information content (AvgIpc) is 4.12. The molecule has 2 aromatic heterocycles. The summed E-state index contributed by atoms with van der Waals surface area (Å²) < 4.78 is 58.4. The number of nitrogens with zero attached hydrogens (tertiary/aromatic N) is 5. The van der Waals surface area contributed by atoms with E-state index in [0.717, 1.165) is 55.7 Å². The number of nitro benzene ring substituents is 1. The number of halogens is 1. The third-order valence-electron chi connectivity index (χ3n) is 16.2. The average molecular weight is 963 g/mol. The predicted molar refractivity (Wildman–Crippen MR) is 260 cm³/mol. The molecule has 6 heterocycles. The number of fused-ring (bicyclic) bond motifs is 3. The van der Waals surface area contributed by atoms with E-state index < -0.39 is 48.8 Å². The van der Waals surface area contributed by atoms with Gasteiger partial charge in [-0.05, 0) is 144 Å². The van der Waals surface area contributed by atoms with Gasteiger partial charge in [0.2, 0.25) is 5.88 Å². The van der Waals surface area contributed by atoms with E-state index in [0.29, 0.717) is 35.0 Å². The van der Waals surface area contributed by atoms with Gasteiger partial charge in [0.15, 0.2) is 0 Å². The van der Waals surface area contributed by atoms with Crippen molar-refractivity contribution in [2.75, 3.05) is 54.5 Å². The van der Waals surface area contributed by atoms with Crippen LogP contribution in [-0.4, -0.2) is 108 Å². The third-order valence-corrected chi connectivity index (χ3v) is 17.5. The summed E-state index contributed by atoms with van der Waals surface area (Å²) in [7, 11) is -4.69. The molecule has 1 spiro atoms. The van der Waals surface area contributed by atoms with Crippen molar-refractivity contribution >= 4 is 55.4 Å². The quantitative estimate of drug-likeness (QED) is 0.0731. The molecule has 364 valence electrons. The second-order valence-corrected chi connectivity index (χ2v) is 22.4. The van der Waals surface area contributed by atoms with Gasteiger partial charge >= 0.3 is 0 Å². The van der Waals surface area contributed by atoms with Gasteiger partial charge in [0, 0.05) is 55.1 Å². The number of aromatic amines is 1. The summed E-state index contributed by atoms with van der Waals surface area (Å²) in [6, 6.07) is 22.0. The van der Waals surface area contributed by atoms with Crippen molar-refractivity contribution in [2.24, 2.45) is 5.41 Å². The summed E-state index contributed by atoms with van der Waals surface area (Å²) in [4.78, 5) is 40.7. The lowest BCUT2D eigenvalue weighted by Gasteiger charge is -2.56. The Kier molecular flexibility index (Phi) is 11.4. The van der Waals surface area contributed by atoms with Crippen LogP contribution in [-0.2, 0) is 14.8 Å². The number of amides is 1. The molecule has 2 saturated carbocycles. The topological polar surface area (TPSA) is 196 Å². The van der Waals surface area contributed by atoms with Crippen molar-refractivity contribution in [3.05, 3.63) is 106 Å². The smallest absolute Gasteiger partial charge is 0.293 e. The largest absolute Gasteiger partial charge is 0.468 e. The van der Waals surface area contributed by atoms with Crippen molar-refractivity contribution in [2.45, 2.75) is 118 Å². The third kappa shape index (κ3) is 8.56. The number of carbonyl (C=O) groups excluding carboxylic acids is 1. The number of hydrogen-bond acceptors (Lipinski definition) is 13. The monoisotopic (exact) mass is 962 g/mol. The molecule has 69 heavy (non-hydrogen) atoms. The lowest BCUT2D eigenvalue weighted by molar-refractivity contribution is -0.384. The molecule has 11 rings (SSSR count). The van der Waals surface area contributed by atoms with Crippen molar-refractivity contribution in [1.29, 1.82) is 0 Å². The van der Waals surface area contributed by atoms with Crippen LogP contribution < -0.4 is 24.6 Å². The summed E-state index contributed by atoms with van der Waals surface area (Å²) in [5.41, 5.74) is 2.36. The zero-order chi connectivity index (χ0) is 47.9. The number of piperidine rings is 1. The molecule has 1 amide bonds. The lowest BCUT2D eigenvalue weighted by Crippen LogP contribution is -2.55. The SMILES string of the molecule is Cc1ccccc1[C@@H]1CCCN1C1CC2(CCN(c3ccc(C(=O)NS(=O)(=O)c4ccc(NCC5(F)CCC(C)(O)CC5)c([N+](=O)[O-])c4)c(N4c5cc6cc[nH]c6nc5O[C@@H]5COC[C@H]54)c3)CC2)C1. The number of nitrogens with one attached hydrogen (secondary N) is 3. The Hall–Kier alpha value is -5.82. The normalized spacial score (nSPS) is 26.9. The van der Waals surface area contributed by atoms with E-state index in [1.807, 2.05) is 29.2 Å². The highest BCUT2D eigenvalue weighted by Gasteiger charge is 2.50. The van der Waals surface area contributed by atoms with Crippen LogP contribution in [0.15, 0.2) is 83.9 Å². The Morgan fingerprint density at radius 2 is 1.77 bits per heavy atom. The minimum atomic E-state index is -4.69. The summed E-state index contributed by atoms with van der Waals surface area (Å²) >= 11 is 0. The minimum Gasteiger partial charge on any atom is -0.468 e. The van der Waals surface area contributed by atoms with E-state index in [9.17, 15) is 28.4 Å². The van der Waals surface area contributed by atoms with E-state index in [-0.39, 0.29) is 68.1 Å². The number of rotatable bonds is 11. The number of alkyl halides is 1. The summed E-state index contributed by atoms with van der Waals surface area (Å²) in [5.74, 6) is -0.588. The van der Waals surface area contributed by atoms with E-state index in [1.54, 1.807) is 19.2 Å². The number of carbonyl (C=O) groups is 1. The maximum atomic E-state index is 15.7. The number of likely N-dealkylation sites (tertiary alicyclic amines) is 1. The number of anilines is 4. The van der Waals surface area contributed by atoms with E-state index in [2.05, 4.69) is 56.0 Å². The molecule has 4 N–H and O–H groups in total. The Bertz CT molecular complexity index is 2920. The van der Waals surface area contributed by atoms with Crippen LogP contribution in [0.2, 0.25) is 0 Å². The highest BCUT2D eigenvalue weighted by atomic mass is 32.2. The van der Waals surface area contributed by atoms with E-state index in [4.69, 9.17) is 14.5 Å². The highest BCUT2D eigenvalue weighted by molar-refractivity contribution is 7.90. The van der Waals surface area contributed by atoms with Crippen LogP contribution in [0.5, 0.6) is 5.88 Å². The Morgan fingerprint density at radius 3 is 2.54 bits per heavy atom. The Labute approximate surface area is 400 Å². The molecule has 5 aromatic rings. The number of nitro groups is 1. The van der Waals surface area contributed by atoms with Gasteiger partial charge in [0.05, 0.1) is 45.9 Å². The zero-order valence-corrected chi connectivity index (χ0v) is 39.8. The fraction of sp³-hybridized carbons (Fsp3) is 0.490. The lowest BCUT2D eigenvalue weighted by atomic mass is 9.59. The maximum absolute atomic E-state index is 15.7. The number of aryl methyl sites for hydroxylation is 1. The van der Waals surface area contributed by atoms with Crippen molar-refractivity contribution in [3.63, 3.8) is 0 Å². The first-order valence-corrected chi connectivity index (χ1v) is 25.8. The molecule has 0 radical (unpaired) electrons. The highest BCUT2D eigenvalue weighted by Crippen LogP contribution is 2.54. The van der Waals surface area contributed by atoms with Crippen molar-refractivity contribution < 1.29 is 37.1 Å². The first kappa shape index (κ1) is 45.6. The number of ether oxygens (including phenoxy) is 2. The molecule has 3 aromatic carbocycles. The van der Waals surface area contributed by atoms with Gasteiger partial charge in [-0.15, -0.1) is 0 Å². The van der Waals surface area contributed by atoms with Gasteiger partial charge in [-0.25, -0.2) is 17.5 Å². The molecule has 16 nitrogen and oxygen atoms in total. The molecule has 5 fully saturated rings. The van der Waals surface area contributed by atoms with Gasteiger partial charge in [-0.1, -0.05) is 24.3 Å². The number of aliphatic hydroxyl groups is 1. The molecule has 2 aliphatic carbocycles. The predicted octanol–water partition coefficient (Wildman–Crippen LogP) is 8.23. The zero-order valence-electron chi connectivity index (χ0n) is 39.0. The van der Waals surface area contributed by atoms with E-state index in [1.165, 1.54) is 42.9 Å². The maximum Gasteiger partial charge on any atom is 0.293 e. The van der Waals surface area contributed by atoms with Crippen LogP contribution in [0, 0.1) is 22.5 Å². The van der Waals surface area contributed by atoms with Gasteiger partial charge in [0.25, 0.3) is 21.6 Å². The molecular weight excluding hydrogens is 904 g/mol. The van der Waals surface area contributed by atoms with E-state index >= 15 is 4.39 Å². The minimum absolute atomic E-state index is 0.0617. The van der Waals surface area contributed by atoms with Crippen LogP contribution >= 0.6 is 0 Å². The van der Waals surface area contributed by atoms with Crippen molar-refractivity contribution in [1.82, 2.24) is 19.6 Å². The number of sulfonamides is 1. The molecule has 18 heteroatoms. The van der Waals surface area contributed by atoms with Crippen LogP contribution in [0.4, 0.5) is 32.8 Å². The molecule has 0 unspecified atom stereocenters. The molecule has 0 bridgehead atoms. The Morgan fingerprint density at radius 1 is 0.986 bits per heavy atom. The molecular formula is C51H59FN8O8S. The van der Waals surface area contributed by atoms with Crippen LogP contribution in [0.1, 0.15) is 98.7 Å². The second-order valence-electron chi connectivity index (χ2n) is 20.7. The first-order valence-electron chi connectivity index (χ1n) is 24.3. The number of H-pyrrole nitrogens is 1. The number of benzene rings is 3. The van der Waals surface area contributed by atoms with Gasteiger partial charge < -0.3 is 34.7 Å². The molecule has 4 aliphatic heterocycles. The summed E-state index contributed by atoms with van der Waals surface area (Å²) in [6.45, 7) is 6.97. The second kappa shape index (κ2) is 17.2. The first-order chi connectivity index (χ1) is 33.1.